The lowest BCUT2D eigenvalue weighted by molar-refractivity contribution is 0.590. The molecule has 2 aromatic rings. The molecule has 0 spiro atoms. The molecule has 4 heteroatoms. The molecule has 19 heavy (non-hydrogen) atoms. The van der Waals surface area contributed by atoms with Gasteiger partial charge in [0.1, 0.15) is 0 Å². The molecule has 1 atom stereocenters. The van der Waals surface area contributed by atoms with Crippen molar-refractivity contribution in [3.63, 3.8) is 0 Å². The normalized spacial score (nSPS) is 17.7. The zero-order valence-electron chi connectivity index (χ0n) is 11.4. The van der Waals surface area contributed by atoms with Gasteiger partial charge < -0.3 is 5.32 Å². The van der Waals surface area contributed by atoms with Crippen LogP contribution in [-0.2, 0) is 19.5 Å². The third kappa shape index (κ3) is 2.69. The zero-order chi connectivity index (χ0) is 13.2. The largest absolute Gasteiger partial charge is 0.316 e. The zero-order valence-corrected chi connectivity index (χ0v) is 12.2. The maximum atomic E-state index is 4.62. The van der Waals surface area contributed by atoms with Crippen molar-refractivity contribution >= 4 is 11.8 Å². The Morgan fingerprint density at radius 2 is 2.26 bits per heavy atom. The van der Waals surface area contributed by atoms with Crippen molar-refractivity contribution < 1.29 is 0 Å². The first-order chi connectivity index (χ1) is 9.26. The van der Waals surface area contributed by atoms with E-state index in [1.54, 1.807) is 0 Å². The van der Waals surface area contributed by atoms with E-state index >= 15 is 0 Å². The molecule has 100 valence electrons. The second-order valence-corrected chi connectivity index (χ2v) is 6.39. The lowest BCUT2D eigenvalue weighted by Crippen LogP contribution is -2.12. The van der Waals surface area contributed by atoms with Gasteiger partial charge in [-0.2, -0.15) is 5.10 Å². The average molecular weight is 273 g/mol. The maximum absolute atomic E-state index is 4.62. The van der Waals surface area contributed by atoms with E-state index in [0.717, 1.165) is 25.2 Å². The van der Waals surface area contributed by atoms with E-state index in [2.05, 4.69) is 52.5 Å². The van der Waals surface area contributed by atoms with Crippen molar-refractivity contribution in [3.05, 3.63) is 47.3 Å². The molecule has 2 heterocycles. The first-order valence-corrected chi connectivity index (χ1v) is 7.56. The highest BCUT2D eigenvalue weighted by molar-refractivity contribution is 8.00. The van der Waals surface area contributed by atoms with Gasteiger partial charge in [-0.05, 0) is 32.0 Å². The molecule has 0 saturated carbocycles. The van der Waals surface area contributed by atoms with Crippen molar-refractivity contribution in [3.8, 4) is 0 Å². The van der Waals surface area contributed by atoms with Crippen LogP contribution in [0.4, 0.5) is 0 Å². The Balaban J connectivity index is 1.69. The van der Waals surface area contributed by atoms with Crippen LogP contribution in [0.25, 0.3) is 0 Å². The van der Waals surface area contributed by atoms with Gasteiger partial charge in [0, 0.05) is 28.5 Å². The summed E-state index contributed by atoms with van der Waals surface area (Å²) in [6, 6.07) is 8.71. The van der Waals surface area contributed by atoms with Gasteiger partial charge in [-0.25, -0.2) is 0 Å². The van der Waals surface area contributed by atoms with Gasteiger partial charge in [-0.3, -0.25) is 4.68 Å². The molecule has 0 amide bonds. The van der Waals surface area contributed by atoms with E-state index in [4.69, 9.17) is 0 Å². The third-order valence-corrected chi connectivity index (χ3v) is 4.82. The minimum absolute atomic E-state index is 0.610. The maximum Gasteiger partial charge on any atom is 0.0638 e. The van der Waals surface area contributed by atoms with Crippen LogP contribution in [0.1, 0.15) is 16.8 Å². The fraction of sp³-hybridized carbons (Fsp3) is 0.400. The average Bonchev–Trinajstić information content (AvgIpc) is 2.94. The fourth-order valence-electron chi connectivity index (χ4n) is 2.58. The molecule has 0 bridgehead atoms. The highest BCUT2D eigenvalue weighted by atomic mass is 32.2. The summed E-state index contributed by atoms with van der Waals surface area (Å²) in [5.41, 5.74) is 3.91. The Morgan fingerprint density at radius 3 is 3.05 bits per heavy atom. The van der Waals surface area contributed by atoms with Gasteiger partial charge in [0.2, 0.25) is 0 Å². The Kier molecular flexibility index (Phi) is 3.62. The number of hydrogen-bond donors (Lipinski definition) is 1. The monoisotopic (exact) mass is 273 g/mol. The molecule has 1 aromatic heterocycles. The van der Waals surface area contributed by atoms with Crippen LogP contribution < -0.4 is 5.32 Å². The Morgan fingerprint density at radius 1 is 1.42 bits per heavy atom. The van der Waals surface area contributed by atoms with Gasteiger partial charge in [0.15, 0.2) is 0 Å². The number of nitrogens with one attached hydrogen (secondary N) is 1. The number of thioether (sulfide) groups is 1. The molecule has 0 fully saturated rings. The molecule has 1 aliphatic rings. The number of hydrogen-bond acceptors (Lipinski definition) is 3. The first-order valence-electron chi connectivity index (χ1n) is 6.68. The van der Waals surface area contributed by atoms with Crippen LogP contribution in [0.3, 0.4) is 0 Å². The number of rotatable bonds is 4. The van der Waals surface area contributed by atoms with E-state index in [1.165, 1.54) is 16.0 Å². The molecule has 3 rings (SSSR count). The van der Waals surface area contributed by atoms with Crippen LogP contribution in [-0.4, -0.2) is 22.1 Å². The van der Waals surface area contributed by atoms with Crippen molar-refractivity contribution in [2.45, 2.75) is 36.6 Å². The van der Waals surface area contributed by atoms with Crippen molar-refractivity contribution in [1.82, 2.24) is 15.1 Å². The SMILES string of the molecule is CNCc1cn(CC2Cc3ccccc3S2)nc1C. The van der Waals surface area contributed by atoms with E-state index in [9.17, 15) is 0 Å². The Hall–Kier alpha value is -1.26. The standard InChI is InChI=1S/C15H19N3S/c1-11-13(8-16-2)9-18(17-11)10-14-7-12-5-3-4-6-15(12)19-14/h3-6,9,14,16H,7-8,10H2,1-2H3. The highest BCUT2D eigenvalue weighted by Crippen LogP contribution is 2.37. The summed E-state index contributed by atoms with van der Waals surface area (Å²) in [7, 11) is 1.97. The lowest BCUT2D eigenvalue weighted by atomic mass is 10.1. The van der Waals surface area contributed by atoms with Crippen LogP contribution in [0.15, 0.2) is 35.4 Å². The molecule has 0 aliphatic carbocycles. The number of benzene rings is 1. The van der Waals surface area contributed by atoms with Crippen LogP contribution in [0, 0.1) is 6.92 Å². The highest BCUT2D eigenvalue weighted by Gasteiger charge is 2.22. The van der Waals surface area contributed by atoms with Gasteiger partial charge in [0.25, 0.3) is 0 Å². The van der Waals surface area contributed by atoms with Gasteiger partial charge in [-0.1, -0.05) is 18.2 Å². The second-order valence-electron chi connectivity index (χ2n) is 5.04. The van der Waals surface area contributed by atoms with Crippen molar-refractivity contribution in [2.75, 3.05) is 7.05 Å². The Bertz CT molecular complexity index is 552. The lowest BCUT2D eigenvalue weighted by Gasteiger charge is -2.08. The topological polar surface area (TPSA) is 29.9 Å². The molecule has 1 aromatic carbocycles. The predicted molar refractivity (Wildman–Crippen MR) is 79.5 cm³/mol. The third-order valence-electron chi connectivity index (χ3n) is 3.52. The van der Waals surface area contributed by atoms with Crippen molar-refractivity contribution in [1.29, 1.82) is 0 Å². The van der Waals surface area contributed by atoms with E-state index in [1.807, 2.05) is 18.8 Å². The summed E-state index contributed by atoms with van der Waals surface area (Å²) >= 11 is 1.98. The first kappa shape index (κ1) is 12.8. The van der Waals surface area contributed by atoms with E-state index < -0.39 is 0 Å². The predicted octanol–water partition coefficient (Wildman–Crippen LogP) is 2.63. The summed E-state index contributed by atoms with van der Waals surface area (Å²) in [6.07, 6.45) is 3.33. The molecule has 1 aliphatic heterocycles. The summed E-state index contributed by atoms with van der Waals surface area (Å²) in [5.74, 6) is 0. The van der Waals surface area contributed by atoms with Gasteiger partial charge in [-0.15, -0.1) is 11.8 Å². The summed E-state index contributed by atoms with van der Waals surface area (Å²) < 4.78 is 2.10. The molecular formula is C15H19N3S. The minimum Gasteiger partial charge on any atom is -0.316 e. The summed E-state index contributed by atoms with van der Waals surface area (Å²) in [4.78, 5) is 1.44. The second kappa shape index (κ2) is 5.39. The van der Waals surface area contributed by atoms with Crippen LogP contribution in [0.5, 0.6) is 0 Å². The van der Waals surface area contributed by atoms with Crippen LogP contribution >= 0.6 is 11.8 Å². The molecule has 3 nitrogen and oxygen atoms in total. The van der Waals surface area contributed by atoms with Gasteiger partial charge in [0.05, 0.1) is 12.2 Å². The Labute approximate surface area is 118 Å². The number of nitrogens with zero attached hydrogens (tertiary/aromatic N) is 2. The van der Waals surface area contributed by atoms with E-state index in [-0.39, 0.29) is 0 Å². The molecule has 0 radical (unpaired) electrons. The quantitative estimate of drug-likeness (QED) is 0.928. The minimum atomic E-state index is 0.610. The molecule has 1 N–H and O–H groups in total. The summed E-state index contributed by atoms with van der Waals surface area (Å²) in [5, 5.41) is 8.42. The molecule has 1 unspecified atom stereocenters. The van der Waals surface area contributed by atoms with Crippen molar-refractivity contribution in [2.24, 2.45) is 0 Å². The number of aromatic nitrogens is 2. The van der Waals surface area contributed by atoms with Crippen LogP contribution in [0.2, 0.25) is 0 Å². The molecule has 0 saturated heterocycles. The van der Waals surface area contributed by atoms with E-state index in [0.29, 0.717) is 5.25 Å². The fourth-order valence-corrected chi connectivity index (χ4v) is 3.89. The number of aryl methyl sites for hydroxylation is 1. The van der Waals surface area contributed by atoms with Gasteiger partial charge >= 0.3 is 0 Å². The summed E-state index contributed by atoms with van der Waals surface area (Å²) in [6.45, 7) is 3.97. The molecular weight excluding hydrogens is 254 g/mol. The smallest absolute Gasteiger partial charge is 0.0638 e. The number of fused-ring (bicyclic) bond motifs is 1.